The van der Waals surface area contributed by atoms with E-state index in [4.69, 9.17) is 4.74 Å². The van der Waals surface area contributed by atoms with Crippen LogP contribution in [0, 0.1) is 0 Å². The Morgan fingerprint density at radius 3 is 2.59 bits per heavy atom. The van der Waals surface area contributed by atoms with Crippen LogP contribution in [-0.2, 0) is 23.8 Å². The fraction of sp³-hybridized carbons (Fsp3) is 0.333. The van der Waals surface area contributed by atoms with Gasteiger partial charge in [0, 0.05) is 25.5 Å². The van der Waals surface area contributed by atoms with Gasteiger partial charge in [-0.3, -0.25) is 4.79 Å². The van der Waals surface area contributed by atoms with E-state index in [0.29, 0.717) is 30.8 Å². The van der Waals surface area contributed by atoms with Crippen LogP contribution in [-0.4, -0.2) is 40.9 Å². The van der Waals surface area contributed by atoms with Crippen LogP contribution in [0.3, 0.4) is 0 Å². The van der Waals surface area contributed by atoms with Crippen LogP contribution < -0.4 is 4.74 Å². The molecule has 168 valence electrons. The molecule has 0 spiro atoms. The highest BCUT2D eigenvalue weighted by molar-refractivity contribution is 7.72. The number of nitrogens with zero attached hydrogens (tertiary/aromatic N) is 3. The zero-order chi connectivity index (χ0) is 22.5. The van der Waals surface area contributed by atoms with Gasteiger partial charge in [-0.05, 0) is 48.2 Å². The highest BCUT2D eigenvalue weighted by Gasteiger charge is 2.31. The lowest BCUT2D eigenvalue weighted by Gasteiger charge is -2.20. The van der Waals surface area contributed by atoms with Gasteiger partial charge in [-0.15, -0.1) is 0 Å². The molecule has 1 aliphatic heterocycles. The zero-order valence-electron chi connectivity index (χ0n) is 18.0. The molecule has 0 fully saturated rings. The summed E-state index contributed by atoms with van der Waals surface area (Å²) in [5, 5.41) is 4.23. The van der Waals surface area contributed by atoms with Gasteiger partial charge in [-0.1, -0.05) is 37.6 Å². The van der Waals surface area contributed by atoms with Crippen LogP contribution in [0.15, 0.2) is 60.9 Å². The minimum Gasteiger partial charge on any atom is -0.490 e. The molecule has 0 N–H and O–H groups in total. The molecule has 2 heterocycles. The van der Waals surface area contributed by atoms with Crippen LogP contribution in [0.1, 0.15) is 47.7 Å². The normalized spacial score (nSPS) is 14.1. The van der Waals surface area contributed by atoms with Crippen molar-refractivity contribution in [3.8, 4) is 11.4 Å². The molecule has 2 aromatic carbocycles. The largest absolute Gasteiger partial charge is 0.490 e. The Labute approximate surface area is 189 Å². The quantitative estimate of drug-likeness (QED) is 0.475. The minimum atomic E-state index is -2.44. The third-order valence-electron chi connectivity index (χ3n) is 5.59. The van der Waals surface area contributed by atoms with Crippen molar-refractivity contribution in [2.45, 2.75) is 45.4 Å². The van der Waals surface area contributed by atoms with Crippen LogP contribution in [0.25, 0.3) is 5.69 Å². The Hall–Kier alpha value is -3.13. The van der Waals surface area contributed by atoms with Crippen LogP contribution in [0.4, 0.5) is 0 Å². The van der Waals surface area contributed by atoms with Gasteiger partial charge in [-0.25, -0.2) is 13.1 Å². The summed E-state index contributed by atoms with van der Waals surface area (Å²) in [4.78, 5) is 15.0. The van der Waals surface area contributed by atoms with E-state index in [1.807, 2.05) is 60.5 Å². The maximum atomic E-state index is 13.2. The second kappa shape index (κ2) is 9.99. The third kappa shape index (κ3) is 5.02. The van der Waals surface area contributed by atoms with Crippen LogP contribution in [0.5, 0.6) is 5.75 Å². The maximum Gasteiger partial charge on any atom is 0.258 e. The van der Waals surface area contributed by atoms with Crippen molar-refractivity contribution in [3.63, 3.8) is 0 Å². The highest BCUT2D eigenvalue weighted by atomic mass is 32.2. The Kier molecular flexibility index (Phi) is 6.90. The van der Waals surface area contributed by atoms with E-state index in [1.54, 1.807) is 16.9 Å². The van der Waals surface area contributed by atoms with E-state index in [0.717, 1.165) is 29.7 Å². The number of hydrogen-bond acceptors (Lipinski definition) is 5. The number of hydrogen-bond donors (Lipinski definition) is 1. The fourth-order valence-electron chi connectivity index (χ4n) is 4.02. The van der Waals surface area contributed by atoms with E-state index >= 15 is 0 Å². The number of benzene rings is 2. The Balaban J connectivity index is 1.47. The predicted octanol–water partition coefficient (Wildman–Crippen LogP) is 3.58. The number of carbonyl (C=O) groups is 1. The first kappa shape index (κ1) is 22.1. The topological polar surface area (TPSA) is 81.5 Å². The van der Waals surface area contributed by atoms with Gasteiger partial charge < -0.3 is 9.64 Å². The molecule has 4 rings (SSSR count). The standard InChI is InChI=1S/C24H27N3O4S/c1-2-5-21(12-15-32(29)30)31-22-7-3-6-19-17-26(24(28)23(19)22)16-18-8-10-20(11-9-18)27-14-4-13-25-27/h3-4,6-11,13-14,21,32H,2,5,12,15-17H2,1H3. The van der Waals surface area contributed by atoms with Crippen molar-refractivity contribution in [1.82, 2.24) is 14.7 Å². The van der Waals surface area contributed by atoms with Crippen molar-refractivity contribution in [3.05, 3.63) is 77.6 Å². The van der Waals surface area contributed by atoms with Crippen molar-refractivity contribution >= 4 is 16.6 Å². The van der Waals surface area contributed by atoms with Gasteiger partial charge in [0.2, 0.25) is 0 Å². The molecule has 1 unspecified atom stereocenters. The molecule has 3 aromatic rings. The van der Waals surface area contributed by atoms with Crippen molar-refractivity contribution in [1.29, 1.82) is 0 Å². The van der Waals surface area contributed by atoms with Crippen molar-refractivity contribution < 1.29 is 17.9 Å². The van der Waals surface area contributed by atoms with Crippen molar-refractivity contribution in [2.24, 2.45) is 0 Å². The molecule has 1 aliphatic rings. The van der Waals surface area contributed by atoms with Crippen LogP contribution in [0.2, 0.25) is 0 Å². The zero-order valence-corrected chi connectivity index (χ0v) is 18.9. The van der Waals surface area contributed by atoms with Gasteiger partial charge in [-0.2, -0.15) is 5.10 Å². The lowest BCUT2D eigenvalue weighted by molar-refractivity contribution is 0.0760. The minimum absolute atomic E-state index is 0.0584. The molecule has 1 atom stereocenters. The number of ether oxygens (including phenoxy) is 1. The number of carbonyl (C=O) groups excluding carboxylic acids is 1. The second-order valence-corrected chi connectivity index (χ2v) is 9.05. The summed E-state index contributed by atoms with van der Waals surface area (Å²) in [5.74, 6) is 0.574. The van der Waals surface area contributed by atoms with E-state index in [-0.39, 0.29) is 17.8 Å². The number of fused-ring (bicyclic) bond motifs is 1. The van der Waals surface area contributed by atoms with Gasteiger partial charge in [0.1, 0.15) is 16.5 Å². The average Bonchev–Trinajstić information content (AvgIpc) is 3.42. The average molecular weight is 454 g/mol. The van der Waals surface area contributed by atoms with Gasteiger partial charge >= 0.3 is 0 Å². The summed E-state index contributed by atoms with van der Waals surface area (Å²) in [5.41, 5.74) is 3.53. The highest BCUT2D eigenvalue weighted by Crippen LogP contribution is 2.33. The summed E-state index contributed by atoms with van der Waals surface area (Å²) in [6.07, 6.45) is 5.45. The first-order valence-electron chi connectivity index (χ1n) is 10.8. The molecule has 32 heavy (non-hydrogen) atoms. The lowest BCUT2D eigenvalue weighted by atomic mass is 10.1. The predicted molar refractivity (Wildman–Crippen MR) is 123 cm³/mol. The lowest BCUT2D eigenvalue weighted by Crippen LogP contribution is -2.24. The molecule has 0 bridgehead atoms. The molecule has 8 heteroatoms. The molecule has 0 saturated heterocycles. The maximum absolute atomic E-state index is 13.2. The Morgan fingerprint density at radius 1 is 1.09 bits per heavy atom. The SMILES string of the molecule is CCCC(CC[SH](=O)=O)Oc1cccc2c1C(=O)N(Cc1ccc(-n3cccn3)cc1)C2. The molecule has 0 aliphatic carbocycles. The van der Waals surface area contributed by atoms with E-state index < -0.39 is 10.7 Å². The number of thiol groups is 1. The summed E-state index contributed by atoms with van der Waals surface area (Å²) in [7, 11) is -2.44. The summed E-state index contributed by atoms with van der Waals surface area (Å²) >= 11 is 0. The Bertz CT molecular complexity index is 1130. The van der Waals surface area contributed by atoms with E-state index in [2.05, 4.69) is 5.10 Å². The third-order valence-corrected chi connectivity index (χ3v) is 6.21. The molecule has 1 amide bonds. The smallest absolute Gasteiger partial charge is 0.258 e. The number of aromatic nitrogens is 2. The summed E-state index contributed by atoms with van der Waals surface area (Å²) in [6.45, 7) is 3.06. The molecule has 1 aromatic heterocycles. The molecular weight excluding hydrogens is 426 g/mol. The summed E-state index contributed by atoms with van der Waals surface area (Å²) in [6, 6.07) is 15.5. The Morgan fingerprint density at radius 2 is 1.91 bits per heavy atom. The van der Waals surface area contributed by atoms with E-state index in [1.165, 1.54) is 0 Å². The monoisotopic (exact) mass is 453 g/mol. The van der Waals surface area contributed by atoms with Crippen LogP contribution >= 0.6 is 0 Å². The first-order valence-corrected chi connectivity index (χ1v) is 12.2. The van der Waals surface area contributed by atoms with Crippen molar-refractivity contribution in [2.75, 3.05) is 5.75 Å². The molecular formula is C24H27N3O4S. The molecule has 0 saturated carbocycles. The number of rotatable bonds is 10. The first-order chi connectivity index (χ1) is 15.5. The molecule has 7 nitrogen and oxygen atoms in total. The summed E-state index contributed by atoms with van der Waals surface area (Å²) < 4.78 is 30.0. The fourth-order valence-corrected chi connectivity index (χ4v) is 4.52. The second-order valence-electron chi connectivity index (χ2n) is 7.94. The van der Waals surface area contributed by atoms with Gasteiger partial charge in [0.25, 0.3) is 5.91 Å². The number of amides is 1. The van der Waals surface area contributed by atoms with Gasteiger partial charge in [0.05, 0.1) is 23.1 Å². The van der Waals surface area contributed by atoms with Gasteiger partial charge in [0.15, 0.2) is 0 Å². The molecule has 0 radical (unpaired) electrons. The van der Waals surface area contributed by atoms with E-state index in [9.17, 15) is 13.2 Å².